The van der Waals surface area contributed by atoms with Crippen molar-refractivity contribution in [2.75, 3.05) is 19.3 Å². The molecule has 0 aromatic heterocycles. The van der Waals surface area contributed by atoms with Crippen molar-refractivity contribution >= 4 is 35.4 Å². The highest BCUT2D eigenvalue weighted by Gasteiger charge is 2.33. The third-order valence-electron chi connectivity index (χ3n) is 3.13. The average Bonchev–Trinajstić information content (AvgIpc) is 2.48. The Morgan fingerprint density at radius 3 is 2.64 bits per heavy atom. The molecule has 0 aliphatic carbocycles. The second kappa shape index (κ2) is 8.62. The lowest BCUT2D eigenvalue weighted by Gasteiger charge is -2.27. The van der Waals surface area contributed by atoms with E-state index >= 15 is 0 Å². The molecule has 1 saturated heterocycles. The number of carbonyl (C=O) groups is 4. The topological polar surface area (TPSA) is 116 Å². The summed E-state index contributed by atoms with van der Waals surface area (Å²) in [6.45, 7) is 3.86. The van der Waals surface area contributed by atoms with Crippen molar-refractivity contribution in [3.63, 3.8) is 0 Å². The first kappa shape index (κ1) is 18.3. The zero-order chi connectivity index (χ0) is 16.7. The summed E-state index contributed by atoms with van der Waals surface area (Å²) in [6.07, 6.45) is -0.0271. The molecule has 3 unspecified atom stereocenters. The quantitative estimate of drug-likeness (QED) is 0.466. The molecule has 124 valence electrons. The van der Waals surface area contributed by atoms with Gasteiger partial charge < -0.3 is 21.3 Å². The van der Waals surface area contributed by atoms with Gasteiger partial charge in [0.1, 0.15) is 12.1 Å². The Bertz CT molecular complexity index is 457. The molecule has 0 aromatic rings. The number of hydrogen-bond acceptors (Lipinski definition) is 5. The van der Waals surface area contributed by atoms with E-state index in [2.05, 4.69) is 21.3 Å². The van der Waals surface area contributed by atoms with Crippen LogP contribution in [0.3, 0.4) is 0 Å². The summed E-state index contributed by atoms with van der Waals surface area (Å²) in [7, 11) is 1.50. The minimum atomic E-state index is -0.650. The lowest BCUT2D eigenvalue weighted by molar-refractivity contribution is -0.131. The van der Waals surface area contributed by atoms with Gasteiger partial charge in [0, 0.05) is 25.8 Å². The van der Waals surface area contributed by atoms with Crippen LogP contribution in [-0.4, -0.2) is 60.3 Å². The predicted octanol–water partition coefficient (Wildman–Crippen LogP) is -1.64. The molecule has 8 nitrogen and oxygen atoms in total. The van der Waals surface area contributed by atoms with Crippen molar-refractivity contribution in [2.45, 2.75) is 37.6 Å². The van der Waals surface area contributed by atoms with Gasteiger partial charge in [-0.05, 0) is 13.8 Å². The van der Waals surface area contributed by atoms with E-state index in [9.17, 15) is 19.2 Å². The lowest BCUT2D eigenvalue weighted by atomic mass is 10.2. The van der Waals surface area contributed by atoms with E-state index in [4.69, 9.17) is 0 Å². The second-order valence-electron chi connectivity index (χ2n) is 4.89. The summed E-state index contributed by atoms with van der Waals surface area (Å²) in [5.41, 5.74) is 0. The summed E-state index contributed by atoms with van der Waals surface area (Å²) in [4.78, 5) is 46.8. The summed E-state index contributed by atoms with van der Waals surface area (Å²) in [6, 6.07) is -1.22. The van der Waals surface area contributed by atoms with Crippen LogP contribution < -0.4 is 21.3 Å². The number of hydrogen-bond donors (Lipinski definition) is 4. The largest absolute Gasteiger partial charge is 0.357 e. The SMILES string of the molecule is CCNC(=O)C(C)NC(=O)CC1SCC(C(=O)NC)NC1=O. The zero-order valence-electron chi connectivity index (χ0n) is 12.9. The maximum atomic E-state index is 11.9. The van der Waals surface area contributed by atoms with E-state index in [0.717, 1.165) is 0 Å². The first-order valence-corrected chi connectivity index (χ1v) is 8.14. The van der Waals surface area contributed by atoms with Gasteiger partial charge >= 0.3 is 0 Å². The molecule has 0 aromatic carbocycles. The van der Waals surface area contributed by atoms with Gasteiger partial charge in [-0.3, -0.25) is 19.2 Å². The van der Waals surface area contributed by atoms with Crippen molar-refractivity contribution < 1.29 is 19.2 Å². The fourth-order valence-electron chi connectivity index (χ4n) is 1.92. The van der Waals surface area contributed by atoms with Gasteiger partial charge in [-0.15, -0.1) is 11.8 Å². The molecular weight excluding hydrogens is 308 g/mol. The highest BCUT2D eigenvalue weighted by Crippen LogP contribution is 2.21. The first-order chi connectivity index (χ1) is 10.4. The van der Waals surface area contributed by atoms with Crippen LogP contribution in [0.2, 0.25) is 0 Å². The first-order valence-electron chi connectivity index (χ1n) is 7.09. The summed E-state index contributed by atoms with van der Waals surface area (Å²) in [5, 5.41) is 9.66. The normalized spacial score (nSPS) is 22.2. The van der Waals surface area contributed by atoms with Gasteiger partial charge in [0.25, 0.3) is 0 Å². The minimum absolute atomic E-state index is 0.0271. The molecule has 1 rings (SSSR count). The monoisotopic (exact) mass is 330 g/mol. The Morgan fingerprint density at radius 2 is 2.09 bits per heavy atom. The fourth-order valence-corrected chi connectivity index (χ4v) is 3.07. The highest BCUT2D eigenvalue weighted by molar-refractivity contribution is 8.00. The molecule has 0 bridgehead atoms. The molecular formula is C13H22N4O4S. The summed E-state index contributed by atoms with van der Waals surface area (Å²) in [5.74, 6) is -0.824. The molecule has 0 spiro atoms. The van der Waals surface area contributed by atoms with Crippen LogP contribution >= 0.6 is 11.8 Å². The van der Waals surface area contributed by atoms with E-state index in [1.54, 1.807) is 13.8 Å². The number of amides is 4. The van der Waals surface area contributed by atoms with Gasteiger partial charge in [0.15, 0.2) is 0 Å². The van der Waals surface area contributed by atoms with Gasteiger partial charge in [-0.25, -0.2) is 0 Å². The van der Waals surface area contributed by atoms with Crippen LogP contribution in [0.15, 0.2) is 0 Å². The number of likely N-dealkylation sites (N-methyl/N-ethyl adjacent to an activating group) is 2. The van der Waals surface area contributed by atoms with Crippen LogP contribution in [0.1, 0.15) is 20.3 Å². The van der Waals surface area contributed by atoms with E-state index < -0.39 is 17.3 Å². The summed E-state index contributed by atoms with van der Waals surface area (Å²) < 4.78 is 0. The van der Waals surface area contributed by atoms with Crippen molar-refractivity contribution in [1.82, 2.24) is 21.3 Å². The number of nitrogens with one attached hydrogen (secondary N) is 4. The predicted molar refractivity (Wildman–Crippen MR) is 83.1 cm³/mol. The Labute approximate surface area is 133 Å². The minimum Gasteiger partial charge on any atom is -0.357 e. The maximum absolute atomic E-state index is 11.9. The Balaban J connectivity index is 2.44. The Hall–Kier alpha value is -1.77. The Kier molecular flexibility index (Phi) is 7.16. The molecule has 1 aliphatic heterocycles. The van der Waals surface area contributed by atoms with Gasteiger partial charge in [0.05, 0.1) is 5.25 Å². The molecule has 1 fully saturated rings. The number of thioether (sulfide) groups is 1. The van der Waals surface area contributed by atoms with Crippen molar-refractivity contribution in [3.05, 3.63) is 0 Å². The number of carbonyl (C=O) groups excluding carboxylic acids is 4. The third kappa shape index (κ3) is 5.21. The molecule has 3 atom stereocenters. The van der Waals surface area contributed by atoms with E-state index in [1.807, 2.05) is 0 Å². The zero-order valence-corrected chi connectivity index (χ0v) is 13.7. The van der Waals surface area contributed by atoms with E-state index in [0.29, 0.717) is 12.3 Å². The molecule has 4 amide bonds. The maximum Gasteiger partial charge on any atom is 0.243 e. The number of rotatable bonds is 6. The van der Waals surface area contributed by atoms with Crippen molar-refractivity contribution in [3.8, 4) is 0 Å². The van der Waals surface area contributed by atoms with Crippen molar-refractivity contribution in [1.29, 1.82) is 0 Å². The van der Waals surface area contributed by atoms with E-state index in [1.165, 1.54) is 18.8 Å². The molecule has 0 radical (unpaired) electrons. The van der Waals surface area contributed by atoms with E-state index in [-0.39, 0.29) is 30.0 Å². The fraction of sp³-hybridized carbons (Fsp3) is 0.692. The Morgan fingerprint density at radius 1 is 1.41 bits per heavy atom. The molecule has 1 heterocycles. The third-order valence-corrected chi connectivity index (χ3v) is 4.44. The van der Waals surface area contributed by atoms with Crippen LogP contribution in [0.4, 0.5) is 0 Å². The molecule has 4 N–H and O–H groups in total. The van der Waals surface area contributed by atoms with Crippen molar-refractivity contribution in [2.24, 2.45) is 0 Å². The molecule has 22 heavy (non-hydrogen) atoms. The standard InChI is InChI=1S/C13H22N4O4S/c1-4-15-11(19)7(2)16-10(18)5-9-13(21)17-8(6-22-9)12(20)14-3/h7-9H,4-6H2,1-3H3,(H,14,20)(H,15,19)(H,16,18)(H,17,21). The van der Waals surface area contributed by atoms with Crippen LogP contribution in [0, 0.1) is 0 Å². The van der Waals surface area contributed by atoms with Crippen LogP contribution in [0.5, 0.6) is 0 Å². The highest BCUT2D eigenvalue weighted by atomic mass is 32.2. The van der Waals surface area contributed by atoms with Gasteiger partial charge in [0.2, 0.25) is 23.6 Å². The van der Waals surface area contributed by atoms with Crippen LogP contribution in [0.25, 0.3) is 0 Å². The molecule has 1 aliphatic rings. The summed E-state index contributed by atoms with van der Waals surface area (Å²) >= 11 is 1.26. The van der Waals surface area contributed by atoms with Gasteiger partial charge in [-0.1, -0.05) is 0 Å². The second-order valence-corrected chi connectivity index (χ2v) is 6.12. The lowest BCUT2D eigenvalue weighted by Crippen LogP contribution is -2.54. The van der Waals surface area contributed by atoms with Gasteiger partial charge in [-0.2, -0.15) is 0 Å². The van der Waals surface area contributed by atoms with Crippen LogP contribution in [-0.2, 0) is 19.2 Å². The smallest absolute Gasteiger partial charge is 0.243 e. The molecule has 0 saturated carbocycles. The molecule has 9 heteroatoms. The average molecular weight is 330 g/mol.